The van der Waals surface area contributed by atoms with Gasteiger partial charge in [0.15, 0.2) is 5.82 Å². The SMILES string of the molecule is Cc1nnc2c(NCC3(C)CCOCC3)nccn12. The largest absolute Gasteiger partial charge is 0.381 e. The summed E-state index contributed by atoms with van der Waals surface area (Å²) in [6.45, 7) is 6.80. The van der Waals surface area contributed by atoms with E-state index < -0.39 is 0 Å². The van der Waals surface area contributed by atoms with Crippen LogP contribution in [0.2, 0.25) is 0 Å². The minimum Gasteiger partial charge on any atom is -0.381 e. The minimum absolute atomic E-state index is 0.266. The van der Waals surface area contributed by atoms with E-state index in [0.717, 1.165) is 49.9 Å². The smallest absolute Gasteiger partial charge is 0.203 e. The molecular weight excluding hydrogens is 242 g/mol. The highest BCUT2D eigenvalue weighted by molar-refractivity contribution is 5.61. The fourth-order valence-corrected chi connectivity index (χ4v) is 2.40. The van der Waals surface area contributed by atoms with E-state index in [1.807, 2.05) is 17.5 Å². The first-order valence-electron chi connectivity index (χ1n) is 6.66. The summed E-state index contributed by atoms with van der Waals surface area (Å²) in [7, 11) is 0. The first kappa shape index (κ1) is 12.3. The van der Waals surface area contributed by atoms with Crippen molar-refractivity contribution >= 4 is 11.5 Å². The number of anilines is 1. The van der Waals surface area contributed by atoms with Crippen molar-refractivity contribution in [3.8, 4) is 0 Å². The highest BCUT2D eigenvalue weighted by atomic mass is 16.5. The van der Waals surface area contributed by atoms with Crippen LogP contribution in [0.3, 0.4) is 0 Å². The van der Waals surface area contributed by atoms with Crippen LogP contribution < -0.4 is 5.32 Å². The Morgan fingerprint density at radius 2 is 2.16 bits per heavy atom. The molecule has 2 aromatic heterocycles. The molecule has 0 saturated carbocycles. The summed E-state index contributed by atoms with van der Waals surface area (Å²) in [5, 5.41) is 11.7. The third-order valence-electron chi connectivity index (χ3n) is 3.88. The van der Waals surface area contributed by atoms with Crippen LogP contribution in [0.5, 0.6) is 0 Å². The molecule has 6 nitrogen and oxygen atoms in total. The average molecular weight is 261 g/mol. The third-order valence-corrected chi connectivity index (χ3v) is 3.88. The van der Waals surface area contributed by atoms with Gasteiger partial charge in [0, 0.05) is 32.2 Å². The Balaban J connectivity index is 1.78. The zero-order chi connectivity index (χ0) is 13.3. The Morgan fingerprint density at radius 1 is 1.37 bits per heavy atom. The average Bonchev–Trinajstić information content (AvgIpc) is 2.80. The summed E-state index contributed by atoms with van der Waals surface area (Å²) >= 11 is 0. The molecule has 3 heterocycles. The highest BCUT2D eigenvalue weighted by Gasteiger charge is 2.27. The van der Waals surface area contributed by atoms with Gasteiger partial charge in [0.25, 0.3) is 0 Å². The van der Waals surface area contributed by atoms with Crippen LogP contribution in [0.25, 0.3) is 5.65 Å². The van der Waals surface area contributed by atoms with E-state index in [1.165, 1.54) is 0 Å². The fraction of sp³-hybridized carbons (Fsp3) is 0.615. The molecule has 0 unspecified atom stereocenters. The van der Waals surface area contributed by atoms with Gasteiger partial charge in [0.2, 0.25) is 5.65 Å². The highest BCUT2D eigenvalue weighted by Crippen LogP contribution is 2.30. The molecule has 1 aliphatic rings. The van der Waals surface area contributed by atoms with Crippen molar-refractivity contribution in [1.82, 2.24) is 19.6 Å². The van der Waals surface area contributed by atoms with Crippen molar-refractivity contribution in [2.45, 2.75) is 26.7 Å². The van der Waals surface area contributed by atoms with E-state index >= 15 is 0 Å². The third kappa shape index (κ3) is 2.40. The van der Waals surface area contributed by atoms with Crippen molar-refractivity contribution in [2.75, 3.05) is 25.1 Å². The van der Waals surface area contributed by atoms with Crippen molar-refractivity contribution in [3.05, 3.63) is 18.2 Å². The zero-order valence-electron chi connectivity index (χ0n) is 11.4. The second kappa shape index (κ2) is 4.77. The summed E-state index contributed by atoms with van der Waals surface area (Å²) in [5.41, 5.74) is 1.05. The lowest BCUT2D eigenvalue weighted by molar-refractivity contribution is 0.0300. The van der Waals surface area contributed by atoms with Gasteiger partial charge in [-0.3, -0.25) is 4.40 Å². The van der Waals surface area contributed by atoms with Crippen LogP contribution in [0.4, 0.5) is 5.82 Å². The number of hydrogen-bond donors (Lipinski definition) is 1. The molecule has 0 atom stereocenters. The predicted octanol–water partition coefficient (Wildman–Crippen LogP) is 1.66. The van der Waals surface area contributed by atoms with Crippen LogP contribution in [0.1, 0.15) is 25.6 Å². The monoisotopic (exact) mass is 261 g/mol. The van der Waals surface area contributed by atoms with E-state index in [0.29, 0.717) is 0 Å². The van der Waals surface area contributed by atoms with Gasteiger partial charge in [-0.2, -0.15) is 0 Å². The maximum absolute atomic E-state index is 5.42. The Morgan fingerprint density at radius 3 is 2.95 bits per heavy atom. The lowest BCUT2D eigenvalue weighted by Gasteiger charge is -2.33. The molecule has 6 heteroatoms. The van der Waals surface area contributed by atoms with E-state index in [9.17, 15) is 0 Å². The van der Waals surface area contributed by atoms with Crippen LogP contribution >= 0.6 is 0 Å². The van der Waals surface area contributed by atoms with Gasteiger partial charge in [-0.05, 0) is 25.2 Å². The minimum atomic E-state index is 0.266. The molecule has 1 N–H and O–H groups in total. The first-order chi connectivity index (χ1) is 9.18. The number of fused-ring (bicyclic) bond motifs is 1. The second-order valence-electron chi connectivity index (χ2n) is 5.49. The molecular formula is C13H19N5O. The number of ether oxygens (including phenoxy) is 1. The summed E-state index contributed by atoms with van der Waals surface area (Å²) in [4.78, 5) is 4.37. The number of aromatic nitrogens is 4. The molecule has 0 radical (unpaired) electrons. The number of rotatable bonds is 3. The van der Waals surface area contributed by atoms with Gasteiger partial charge in [-0.25, -0.2) is 4.98 Å². The van der Waals surface area contributed by atoms with Crippen LogP contribution in [0.15, 0.2) is 12.4 Å². The molecule has 0 aromatic carbocycles. The molecule has 1 fully saturated rings. The maximum Gasteiger partial charge on any atom is 0.203 e. The standard InChI is InChI=1S/C13H19N5O/c1-10-16-17-12-11(14-5-6-18(10)12)15-9-13(2)3-7-19-8-4-13/h5-6H,3-4,7-9H2,1-2H3,(H,14,15). The van der Waals surface area contributed by atoms with Gasteiger partial charge < -0.3 is 10.1 Å². The van der Waals surface area contributed by atoms with E-state index in [-0.39, 0.29) is 5.41 Å². The summed E-state index contributed by atoms with van der Waals surface area (Å²) < 4.78 is 7.37. The number of nitrogens with zero attached hydrogens (tertiary/aromatic N) is 4. The lowest BCUT2D eigenvalue weighted by Crippen LogP contribution is -2.33. The van der Waals surface area contributed by atoms with E-state index in [4.69, 9.17) is 4.74 Å². The first-order valence-corrected chi connectivity index (χ1v) is 6.66. The van der Waals surface area contributed by atoms with E-state index in [1.54, 1.807) is 6.20 Å². The summed E-state index contributed by atoms with van der Waals surface area (Å²) in [6.07, 6.45) is 5.81. The van der Waals surface area contributed by atoms with Crippen molar-refractivity contribution in [3.63, 3.8) is 0 Å². The Labute approximate surface area is 112 Å². The molecule has 1 saturated heterocycles. The Hall–Kier alpha value is -1.69. The van der Waals surface area contributed by atoms with Crippen molar-refractivity contribution in [2.24, 2.45) is 5.41 Å². The Kier molecular flexibility index (Phi) is 3.10. The molecule has 19 heavy (non-hydrogen) atoms. The van der Waals surface area contributed by atoms with Gasteiger partial charge in [0.05, 0.1) is 0 Å². The van der Waals surface area contributed by atoms with Crippen LogP contribution in [-0.4, -0.2) is 39.3 Å². The van der Waals surface area contributed by atoms with Crippen LogP contribution in [0, 0.1) is 12.3 Å². The summed E-state index contributed by atoms with van der Waals surface area (Å²) in [5.74, 6) is 1.67. The zero-order valence-corrected chi connectivity index (χ0v) is 11.4. The molecule has 2 aromatic rings. The lowest BCUT2D eigenvalue weighted by atomic mass is 9.82. The van der Waals surface area contributed by atoms with Gasteiger partial charge >= 0.3 is 0 Å². The molecule has 102 valence electrons. The molecule has 0 amide bonds. The topological polar surface area (TPSA) is 64.3 Å². The van der Waals surface area contributed by atoms with Gasteiger partial charge in [-0.1, -0.05) is 6.92 Å². The Bertz CT molecular complexity index is 573. The normalized spacial score (nSPS) is 18.6. The van der Waals surface area contributed by atoms with Crippen molar-refractivity contribution in [1.29, 1.82) is 0 Å². The quantitative estimate of drug-likeness (QED) is 0.910. The van der Waals surface area contributed by atoms with Gasteiger partial charge in [-0.15, -0.1) is 10.2 Å². The molecule has 3 rings (SSSR count). The van der Waals surface area contributed by atoms with Crippen molar-refractivity contribution < 1.29 is 4.74 Å². The second-order valence-corrected chi connectivity index (χ2v) is 5.49. The maximum atomic E-state index is 5.42. The summed E-state index contributed by atoms with van der Waals surface area (Å²) in [6, 6.07) is 0. The molecule has 0 spiro atoms. The molecule has 1 aliphatic heterocycles. The number of nitrogens with one attached hydrogen (secondary N) is 1. The van der Waals surface area contributed by atoms with Gasteiger partial charge in [0.1, 0.15) is 5.82 Å². The van der Waals surface area contributed by atoms with E-state index in [2.05, 4.69) is 27.4 Å². The number of aryl methyl sites for hydroxylation is 1. The van der Waals surface area contributed by atoms with Crippen LogP contribution in [-0.2, 0) is 4.74 Å². The molecule has 0 bridgehead atoms. The fourth-order valence-electron chi connectivity index (χ4n) is 2.40. The predicted molar refractivity (Wildman–Crippen MR) is 72.2 cm³/mol. The number of hydrogen-bond acceptors (Lipinski definition) is 5. The molecule has 0 aliphatic carbocycles.